The van der Waals surface area contributed by atoms with Crippen LogP contribution in [0.3, 0.4) is 0 Å². The zero-order chi connectivity index (χ0) is 18.7. The lowest BCUT2D eigenvalue weighted by Crippen LogP contribution is -2.42. The van der Waals surface area contributed by atoms with Gasteiger partial charge >= 0.3 is 12.0 Å². The number of carboxylic acids is 1. The molecule has 10 nitrogen and oxygen atoms in total. The van der Waals surface area contributed by atoms with Gasteiger partial charge in [-0.05, 0) is 41.2 Å². The fourth-order valence-corrected chi connectivity index (χ4v) is 2.65. The highest BCUT2D eigenvalue weighted by Crippen LogP contribution is 2.14. The van der Waals surface area contributed by atoms with Crippen LogP contribution in [-0.2, 0) is 14.9 Å². The van der Waals surface area contributed by atoms with Crippen molar-refractivity contribution in [1.29, 1.82) is 0 Å². The maximum Gasteiger partial charge on any atom is 0.498 e. The molecule has 0 amide bonds. The summed E-state index contributed by atoms with van der Waals surface area (Å²) in [5.41, 5.74) is 1.01. The number of hydrogen-bond donors (Lipinski definition) is 2. The van der Waals surface area contributed by atoms with Crippen LogP contribution in [0.2, 0.25) is 0 Å². The summed E-state index contributed by atoms with van der Waals surface area (Å²) in [5.74, 6) is -1.17. The minimum absolute atomic E-state index is 0.0579. The van der Waals surface area contributed by atoms with Crippen molar-refractivity contribution in [1.82, 2.24) is 15.1 Å². The third-order valence-corrected chi connectivity index (χ3v) is 4.14. The van der Waals surface area contributed by atoms with E-state index in [9.17, 15) is 13.2 Å². The molecule has 11 heteroatoms. The lowest BCUT2D eigenvalue weighted by molar-refractivity contribution is -0.685. The molecular weight excluding hydrogens is 364 g/mol. The van der Waals surface area contributed by atoms with Crippen LogP contribution in [0.15, 0.2) is 59.5 Å². The van der Waals surface area contributed by atoms with Gasteiger partial charge < -0.3 is 9.84 Å². The van der Waals surface area contributed by atoms with Gasteiger partial charge in [0.05, 0.1) is 4.90 Å². The molecule has 1 aromatic heterocycles. The van der Waals surface area contributed by atoms with Gasteiger partial charge in [-0.1, -0.05) is 22.9 Å². The molecule has 2 N–H and O–H groups in total. The Kier molecular flexibility index (Phi) is 4.65. The number of aromatic nitrogens is 4. The lowest BCUT2D eigenvalue weighted by Gasteiger charge is -2.05. The summed E-state index contributed by atoms with van der Waals surface area (Å²) >= 11 is 0. The Morgan fingerprint density at radius 1 is 1.12 bits per heavy atom. The van der Waals surface area contributed by atoms with Crippen molar-refractivity contribution in [2.24, 2.45) is 0 Å². The summed E-state index contributed by atoms with van der Waals surface area (Å²) in [6.45, 7) is -0.604. The zero-order valence-corrected chi connectivity index (χ0v) is 13.9. The Hall–Kier alpha value is -3.31. The number of carbonyl (C=O) groups is 1. The molecule has 0 aliphatic carbocycles. The van der Waals surface area contributed by atoms with Crippen LogP contribution >= 0.6 is 0 Å². The summed E-state index contributed by atoms with van der Waals surface area (Å²) in [6, 6.07) is 14.0. The molecule has 2 aromatic carbocycles. The first-order chi connectivity index (χ1) is 12.4. The monoisotopic (exact) mass is 377 g/mol. The first-order valence-electron chi connectivity index (χ1n) is 7.22. The second kappa shape index (κ2) is 6.90. The van der Waals surface area contributed by atoms with Gasteiger partial charge in [-0.25, -0.2) is 4.79 Å². The third-order valence-electron chi connectivity index (χ3n) is 3.28. The molecule has 0 saturated carbocycles. The van der Waals surface area contributed by atoms with Gasteiger partial charge in [-0.3, -0.25) is 4.55 Å². The highest BCUT2D eigenvalue weighted by atomic mass is 32.2. The third kappa shape index (κ3) is 3.68. The molecule has 0 bridgehead atoms. The Morgan fingerprint density at radius 3 is 2.35 bits per heavy atom. The number of tetrazole rings is 1. The standard InChI is InChI=1S/C15H12N4O6S/c20-14(21)10-25-15-16-17-19(18(15)11-4-2-1-3-5-11)12-6-8-13(9-7-12)26(22,23)24/h1-9H,10H2,(H-,20,21,22,23,24)/p+1. The molecule has 0 unspecified atom stereocenters. The molecule has 3 rings (SSSR count). The molecule has 134 valence electrons. The predicted molar refractivity (Wildman–Crippen MR) is 85.8 cm³/mol. The largest absolute Gasteiger partial charge is 0.498 e. The summed E-state index contributed by atoms with van der Waals surface area (Å²) in [7, 11) is -4.32. The molecule has 0 aliphatic heterocycles. The van der Waals surface area contributed by atoms with Crippen LogP contribution in [0.5, 0.6) is 6.01 Å². The second-order valence-corrected chi connectivity index (χ2v) is 6.48. The molecule has 26 heavy (non-hydrogen) atoms. The molecular formula is C15H13N4O6S+. The summed E-state index contributed by atoms with van der Waals surface area (Å²) in [5, 5.41) is 16.6. The number of aliphatic carboxylic acids is 1. The average molecular weight is 377 g/mol. The van der Waals surface area contributed by atoms with Crippen molar-refractivity contribution in [2.45, 2.75) is 4.90 Å². The van der Waals surface area contributed by atoms with E-state index in [4.69, 9.17) is 14.4 Å². The van der Waals surface area contributed by atoms with Crippen molar-refractivity contribution in [3.63, 3.8) is 0 Å². The van der Waals surface area contributed by atoms with Crippen LogP contribution in [0.25, 0.3) is 11.4 Å². The molecule has 0 atom stereocenters. The normalized spacial score (nSPS) is 11.3. The maximum atomic E-state index is 11.2. The molecule has 1 heterocycles. The summed E-state index contributed by atoms with van der Waals surface area (Å²) in [4.78, 5) is 11.8. The number of nitrogens with zero attached hydrogens (tertiary/aromatic N) is 4. The minimum atomic E-state index is -4.32. The first-order valence-corrected chi connectivity index (χ1v) is 8.66. The van der Waals surface area contributed by atoms with Gasteiger partial charge in [0.1, 0.15) is 11.4 Å². The van der Waals surface area contributed by atoms with Gasteiger partial charge in [0, 0.05) is 0 Å². The van der Waals surface area contributed by atoms with Crippen LogP contribution < -0.4 is 9.42 Å². The van der Waals surface area contributed by atoms with Crippen LogP contribution in [0.1, 0.15) is 0 Å². The SMILES string of the molecule is O=C(O)COc1nnn(-c2ccc(S(=O)(=O)O)cc2)[n+]1-c1ccccc1. The van der Waals surface area contributed by atoms with E-state index < -0.39 is 22.7 Å². The van der Waals surface area contributed by atoms with Crippen LogP contribution in [-0.4, -0.2) is 45.8 Å². The molecule has 0 fully saturated rings. The average Bonchev–Trinajstić information content (AvgIpc) is 3.04. The van der Waals surface area contributed by atoms with Crippen LogP contribution in [0.4, 0.5) is 0 Å². The number of para-hydroxylation sites is 1. The van der Waals surface area contributed by atoms with Crippen molar-refractivity contribution in [2.75, 3.05) is 6.61 Å². The van der Waals surface area contributed by atoms with Crippen LogP contribution in [0, 0.1) is 0 Å². The van der Waals surface area contributed by atoms with E-state index in [2.05, 4.69) is 10.3 Å². The number of ether oxygens (including phenoxy) is 1. The van der Waals surface area contributed by atoms with Gasteiger partial charge in [0.15, 0.2) is 16.9 Å². The minimum Gasteiger partial charge on any atom is -0.479 e. The topological polar surface area (TPSA) is 135 Å². The highest BCUT2D eigenvalue weighted by molar-refractivity contribution is 7.85. The Bertz CT molecular complexity index is 1030. The van der Waals surface area contributed by atoms with Crippen molar-refractivity contribution in [3.8, 4) is 17.4 Å². The molecule has 0 radical (unpaired) electrons. The lowest BCUT2D eigenvalue weighted by atomic mass is 10.3. The highest BCUT2D eigenvalue weighted by Gasteiger charge is 2.26. The van der Waals surface area contributed by atoms with Gasteiger partial charge in [0.2, 0.25) is 0 Å². The van der Waals surface area contributed by atoms with Gasteiger partial charge in [-0.2, -0.15) is 8.42 Å². The first kappa shape index (κ1) is 17.5. The van der Waals surface area contributed by atoms with E-state index in [-0.39, 0.29) is 10.9 Å². The smallest absolute Gasteiger partial charge is 0.479 e. The van der Waals surface area contributed by atoms with E-state index in [0.29, 0.717) is 11.4 Å². The number of rotatable bonds is 6. The van der Waals surface area contributed by atoms with Crippen molar-refractivity contribution >= 4 is 16.1 Å². The molecule has 0 saturated heterocycles. The number of hydrogen-bond acceptors (Lipinski definition) is 6. The number of carboxylic acid groups (broad SMARTS) is 1. The van der Waals surface area contributed by atoms with Crippen molar-refractivity contribution < 1.29 is 32.3 Å². The summed E-state index contributed by atoms with van der Waals surface area (Å²) in [6.07, 6.45) is 0. The Balaban J connectivity index is 2.08. The Labute approximate surface area is 147 Å². The van der Waals surface area contributed by atoms with E-state index in [1.54, 1.807) is 30.3 Å². The summed E-state index contributed by atoms with van der Waals surface area (Å²) < 4.78 is 38.0. The van der Waals surface area contributed by atoms with Crippen molar-refractivity contribution in [3.05, 3.63) is 54.6 Å². The zero-order valence-electron chi connectivity index (χ0n) is 13.1. The fraction of sp³-hybridized carbons (Fsp3) is 0.0667. The van der Waals surface area contributed by atoms with Gasteiger partial charge in [-0.15, -0.1) is 0 Å². The molecule has 3 aromatic rings. The second-order valence-electron chi connectivity index (χ2n) is 5.06. The van der Waals surface area contributed by atoms with E-state index in [1.165, 1.54) is 33.7 Å². The quantitative estimate of drug-likeness (QED) is 0.461. The molecule has 0 spiro atoms. The van der Waals surface area contributed by atoms with E-state index in [1.807, 2.05) is 0 Å². The fourth-order valence-electron chi connectivity index (χ4n) is 2.17. The number of benzene rings is 2. The molecule has 0 aliphatic rings. The predicted octanol–water partition coefficient (Wildman–Crippen LogP) is 0.254. The van der Waals surface area contributed by atoms with Gasteiger partial charge in [0.25, 0.3) is 10.1 Å². The van der Waals surface area contributed by atoms with E-state index >= 15 is 0 Å². The Morgan fingerprint density at radius 2 is 1.77 bits per heavy atom. The maximum absolute atomic E-state index is 11.2. The van der Waals surface area contributed by atoms with E-state index in [0.717, 1.165) is 0 Å².